The zero-order valence-electron chi connectivity index (χ0n) is 58.0. The predicted molar refractivity (Wildman–Crippen MR) is 337 cm³/mol. The quantitative estimate of drug-likeness (QED) is 0.0312. The average molecular weight is 1270 g/mol. The van der Waals surface area contributed by atoms with Crippen LogP contribution in [0.1, 0.15) is 246 Å². The van der Waals surface area contributed by atoms with Crippen LogP contribution in [0.25, 0.3) is 0 Å². The first-order valence-electron chi connectivity index (χ1n) is 33.9. The van der Waals surface area contributed by atoms with E-state index >= 15 is 0 Å². The van der Waals surface area contributed by atoms with Crippen LogP contribution >= 0.6 is 0 Å². The molecule has 0 aliphatic carbocycles. The van der Waals surface area contributed by atoms with Crippen molar-refractivity contribution >= 4 is 41.8 Å². The minimum atomic E-state index is -1.67. The molecule has 0 aromatic heterocycles. The van der Waals surface area contributed by atoms with Gasteiger partial charge in [-0.15, -0.1) is 0 Å². The molecule has 20 heteroatoms. The summed E-state index contributed by atoms with van der Waals surface area (Å²) in [4.78, 5) is 88.3. The molecule has 17 atom stereocenters. The lowest BCUT2D eigenvalue weighted by Crippen LogP contribution is -2.65. The van der Waals surface area contributed by atoms with Crippen LogP contribution in [0.2, 0.25) is 0 Å². The molecule has 0 radical (unpaired) electrons. The van der Waals surface area contributed by atoms with Gasteiger partial charge in [0.05, 0.1) is 19.8 Å². The highest BCUT2D eigenvalue weighted by atomic mass is 16.8. The number of hydrogen-bond acceptors (Lipinski definition) is 20. The SMILES string of the molecule is CC(=O)OC[C@H]1O[C@H](OC[C@H]2O[C@@H](OC[C@@H](COCC[C@H](C)CCC[C@H](C)CCC[C@H](C)CCCC(C)C)OCC[C@H](C)CCC[C@H](C)CCC[C@H](C)CCCC(C)C)[C@H](OC(C)=O)[C@@H](OC(C)=O)[C@@H]2OC(C)=O)[C@H](OC(C)=O)[C@@H](OC(C)=O)[C@@H]1OC(C)=O. The number of esters is 7. The van der Waals surface area contributed by atoms with Crippen LogP contribution in [0.5, 0.6) is 0 Å². The van der Waals surface area contributed by atoms with Crippen LogP contribution in [0.4, 0.5) is 0 Å². The van der Waals surface area contributed by atoms with Gasteiger partial charge in [-0.1, -0.05) is 185 Å². The Balaban J connectivity index is 2.37. The van der Waals surface area contributed by atoms with E-state index in [0.29, 0.717) is 36.9 Å². The summed E-state index contributed by atoms with van der Waals surface area (Å²) < 4.78 is 77.6. The largest absolute Gasteiger partial charge is 0.463 e. The summed E-state index contributed by atoms with van der Waals surface area (Å²) in [6.07, 6.45) is 8.19. The van der Waals surface area contributed by atoms with Crippen LogP contribution in [0.15, 0.2) is 0 Å². The monoisotopic (exact) mass is 1270 g/mol. The van der Waals surface area contributed by atoms with Gasteiger partial charge in [-0.05, 0) is 60.2 Å². The highest BCUT2D eigenvalue weighted by Gasteiger charge is 2.56. The summed E-state index contributed by atoms with van der Waals surface area (Å²) in [6.45, 7) is 30.8. The van der Waals surface area contributed by atoms with E-state index in [0.717, 1.165) is 111 Å². The van der Waals surface area contributed by atoms with Gasteiger partial charge in [0.1, 0.15) is 24.9 Å². The van der Waals surface area contributed by atoms with Crippen molar-refractivity contribution in [3.63, 3.8) is 0 Å². The van der Waals surface area contributed by atoms with Crippen molar-refractivity contribution in [2.75, 3.05) is 39.6 Å². The number of carbonyl (C=O) groups is 7. The first kappa shape index (κ1) is 81.1. The third kappa shape index (κ3) is 36.8. The summed E-state index contributed by atoms with van der Waals surface area (Å²) >= 11 is 0. The smallest absolute Gasteiger partial charge is 0.303 e. The fourth-order valence-electron chi connectivity index (χ4n) is 11.8. The Morgan fingerprint density at radius 1 is 0.326 bits per heavy atom. The van der Waals surface area contributed by atoms with E-state index in [2.05, 4.69) is 69.2 Å². The molecule has 2 heterocycles. The molecule has 0 bridgehead atoms. The van der Waals surface area contributed by atoms with Crippen molar-refractivity contribution < 1.29 is 95.1 Å². The van der Waals surface area contributed by atoms with Crippen LogP contribution in [0.3, 0.4) is 0 Å². The van der Waals surface area contributed by atoms with Crippen molar-refractivity contribution in [3.8, 4) is 0 Å². The second kappa shape index (κ2) is 45.4. The molecule has 2 saturated heterocycles. The lowest BCUT2D eigenvalue weighted by atomic mass is 9.91. The second-order valence-electron chi connectivity index (χ2n) is 27.1. The number of hydrogen-bond donors (Lipinski definition) is 0. The standard InChI is InChI=1S/C69H122O20/c1-44(2)24-18-26-46(5)28-20-30-48(7)32-22-34-50(9)36-38-77-40-59(78-39-37-51(10)35-23-33-49(8)31-21-29-47(6)27-19-25-45(3)4)41-80-68-66(86-57(16)75)65(85-56(15)74)63(83-54(13)72)61(89-68)43-81-69-67(87-58(17)76)64(84-55(14)73)62(82-53(12)71)60(88-69)42-79-52(11)70/h44-51,59-69H,18-43H2,1-17H3/t46-,47-,48-,49-,50-,51-,59-,60-,61-,62-,63-,64+,65+,66-,67-,68-,69+/m1/s1. The van der Waals surface area contributed by atoms with Gasteiger partial charge in [0, 0.05) is 61.7 Å². The molecule has 0 spiro atoms. The minimum absolute atomic E-state index is 0.146. The topological polar surface area (TPSA) is 239 Å². The molecule has 0 aromatic carbocycles. The Hall–Kier alpha value is -3.95. The van der Waals surface area contributed by atoms with Crippen molar-refractivity contribution in [2.24, 2.45) is 47.3 Å². The predicted octanol–water partition coefficient (Wildman–Crippen LogP) is 13.0. The molecular formula is C69H122O20. The zero-order chi connectivity index (χ0) is 66.6. The van der Waals surface area contributed by atoms with Gasteiger partial charge in [-0.2, -0.15) is 0 Å². The van der Waals surface area contributed by atoms with E-state index in [1.807, 2.05) is 0 Å². The van der Waals surface area contributed by atoms with Gasteiger partial charge in [0.2, 0.25) is 0 Å². The van der Waals surface area contributed by atoms with E-state index in [1.54, 1.807) is 0 Å². The Morgan fingerprint density at radius 2 is 0.629 bits per heavy atom. The van der Waals surface area contributed by atoms with Crippen molar-refractivity contribution in [1.29, 1.82) is 0 Å². The maximum Gasteiger partial charge on any atom is 0.303 e. The van der Waals surface area contributed by atoms with Crippen molar-refractivity contribution in [1.82, 2.24) is 0 Å². The van der Waals surface area contributed by atoms with Gasteiger partial charge in [-0.25, -0.2) is 0 Å². The molecule has 2 aliphatic heterocycles. The van der Waals surface area contributed by atoms with Crippen LogP contribution in [-0.2, 0) is 95.1 Å². The highest BCUT2D eigenvalue weighted by Crippen LogP contribution is 2.34. The third-order valence-electron chi connectivity index (χ3n) is 16.9. The van der Waals surface area contributed by atoms with Crippen LogP contribution in [0, 0.1) is 47.3 Å². The summed E-state index contributed by atoms with van der Waals surface area (Å²) in [7, 11) is 0. The molecule has 518 valence electrons. The molecular weight excluding hydrogens is 1150 g/mol. The normalized spacial score (nSPS) is 24.3. The fourth-order valence-corrected chi connectivity index (χ4v) is 11.8. The van der Waals surface area contributed by atoms with Gasteiger partial charge in [0.25, 0.3) is 0 Å². The lowest BCUT2D eigenvalue weighted by molar-refractivity contribution is -0.336. The lowest BCUT2D eigenvalue weighted by Gasteiger charge is -2.46. The summed E-state index contributed by atoms with van der Waals surface area (Å²) in [6, 6.07) is 0. The highest BCUT2D eigenvalue weighted by molar-refractivity contribution is 5.69. The Kier molecular flexibility index (Phi) is 41.4. The molecule has 0 N–H and O–H groups in total. The molecule has 0 saturated carbocycles. The van der Waals surface area contributed by atoms with Crippen molar-refractivity contribution in [2.45, 2.75) is 314 Å². The molecule has 2 fully saturated rings. The van der Waals surface area contributed by atoms with Gasteiger partial charge >= 0.3 is 41.8 Å². The minimum Gasteiger partial charge on any atom is -0.463 e. The van der Waals surface area contributed by atoms with E-state index in [4.69, 9.17) is 61.6 Å². The van der Waals surface area contributed by atoms with E-state index in [-0.39, 0.29) is 13.2 Å². The maximum atomic E-state index is 12.9. The number of carbonyl (C=O) groups excluding carboxylic acids is 7. The van der Waals surface area contributed by atoms with Crippen LogP contribution < -0.4 is 0 Å². The first-order chi connectivity index (χ1) is 42.0. The second-order valence-corrected chi connectivity index (χ2v) is 27.1. The molecule has 20 nitrogen and oxygen atoms in total. The van der Waals surface area contributed by atoms with E-state index in [1.165, 1.54) is 89.9 Å². The Labute approximate surface area is 535 Å². The van der Waals surface area contributed by atoms with E-state index in [9.17, 15) is 33.6 Å². The summed E-state index contributed by atoms with van der Waals surface area (Å²) in [5.41, 5.74) is 0. The number of ether oxygens (including phenoxy) is 13. The Morgan fingerprint density at radius 3 is 0.978 bits per heavy atom. The average Bonchev–Trinajstić information content (AvgIpc) is 1.06. The fraction of sp³-hybridized carbons (Fsp3) is 0.899. The molecule has 89 heavy (non-hydrogen) atoms. The van der Waals surface area contributed by atoms with Crippen molar-refractivity contribution in [3.05, 3.63) is 0 Å². The van der Waals surface area contributed by atoms with Gasteiger partial charge in [-0.3, -0.25) is 33.6 Å². The number of rotatable bonds is 47. The molecule has 0 amide bonds. The summed E-state index contributed by atoms with van der Waals surface area (Å²) in [5.74, 6) is -0.443. The zero-order valence-corrected chi connectivity index (χ0v) is 58.0. The Bertz CT molecular complexity index is 2000. The first-order valence-corrected chi connectivity index (χ1v) is 33.9. The van der Waals surface area contributed by atoms with E-state index < -0.39 is 123 Å². The molecule has 2 rings (SSSR count). The van der Waals surface area contributed by atoms with Gasteiger partial charge < -0.3 is 61.6 Å². The van der Waals surface area contributed by atoms with Gasteiger partial charge in [0.15, 0.2) is 49.2 Å². The maximum absolute atomic E-state index is 12.9. The molecule has 2 aliphatic rings. The molecule has 0 unspecified atom stereocenters. The summed E-state index contributed by atoms with van der Waals surface area (Å²) in [5, 5.41) is 0. The third-order valence-corrected chi connectivity index (χ3v) is 16.9. The molecule has 0 aromatic rings. The van der Waals surface area contributed by atoms with Crippen LogP contribution in [-0.4, -0.2) is 149 Å².